The predicted molar refractivity (Wildman–Crippen MR) is 89.6 cm³/mol. The molecule has 2 rings (SSSR count). The molecule has 1 saturated heterocycles. The molecule has 7 nitrogen and oxygen atoms in total. The lowest BCUT2D eigenvalue weighted by atomic mass is 10.1. The van der Waals surface area contributed by atoms with Gasteiger partial charge in [-0.15, -0.1) is 0 Å². The summed E-state index contributed by atoms with van der Waals surface area (Å²) in [6.45, 7) is 0.710. The third kappa shape index (κ3) is 3.88. The molecule has 0 spiro atoms. The van der Waals surface area contributed by atoms with Crippen molar-refractivity contribution in [3.05, 3.63) is 35.9 Å². The topological polar surface area (TPSA) is 98.2 Å². The Morgan fingerprint density at radius 2 is 1.92 bits per heavy atom. The Kier molecular flexibility index (Phi) is 5.84. The molecule has 0 radical (unpaired) electrons. The number of rotatable bonds is 7. The fourth-order valence-electron chi connectivity index (χ4n) is 2.75. The number of carboxylic acid groups (broad SMARTS) is 1. The molecule has 8 heteroatoms. The van der Waals surface area contributed by atoms with Crippen LogP contribution in [0.1, 0.15) is 18.9 Å². The first-order chi connectivity index (χ1) is 11.3. The maximum atomic E-state index is 12.5. The Labute approximate surface area is 145 Å². The number of carbonyl (C=O) groups excluding carboxylic acids is 2. The normalized spacial score (nSPS) is 20.4. The molecule has 2 N–H and O–H groups in total. The molecule has 24 heavy (non-hydrogen) atoms. The number of thiol groups is 1. The van der Waals surface area contributed by atoms with E-state index in [1.54, 1.807) is 0 Å². The Morgan fingerprint density at radius 1 is 1.29 bits per heavy atom. The summed E-state index contributed by atoms with van der Waals surface area (Å²) < 4.78 is 0. The van der Waals surface area contributed by atoms with Crippen LogP contribution in [0.3, 0.4) is 0 Å². The van der Waals surface area contributed by atoms with Gasteiger partial charge in [-0.25, -0.2) is 9.69 Å². The molecule has 1 aromatic rings. The Balaban J connectivity index is 2.11. The summed E-state index contributed by atoms with van der Waals surface area (Å²) in [7, 11) is 0. The number of aliphatic carboxylic acids is 1. The number of imide groups is 1. The monoisotopic (exact) mass is 352 g/mol. The average molecular weight is 352 g/mol. The van der Waals surface area contributed by atoms with E-state index in [-0.39, 0.29) is 0 Å². The van der Waals surface area contributed by atoms with Gasteiger partial charge >= 0.3 is 12.0 Å². The largest absolute Gasteiger partial charge is 0.480 e. The maximum Gasteiger partial charge on any atom is 0.329 e. The van der Waals surface area contributed by atoms with E-state index in [9.17, 15) is 19.5 Å². The van der Waals surface area contributed by atoms with E-state index < -0.39 is 42.0 Å². The highest BCUT2D eigenvalue weighted by Gasteiger charge is 2.49. The number of hydrogen-bond donors (Lipinski definition) is 3. The summed E-state index contributed by atoms with van der Waals surface area (Å²) in [6.07, 6.45) is -0.122. The molecule has 1 aliphatic rings. The van der Waals surface area contributed by atoms with Gasteiger partial charge in [0.25, 0.3) is 5.91 Å². The number of nitrogens with zero attached hydrogens (tertiary/aromatic N) is 2. The second-order valence-corrected chi connectivity index (χ2v) is 6.30. The summed E-state index contributed by atoms with van der Waals surface area (Å²) in [5.74, 6) is -1.87. The highest BCUT2D eigenvalue weighted by molar-refractivity contribution is 7.80. The number of aliphatic hydroxyl groups excluding tert-OH is 1. The molecule has 130 valence electrons. The van der Waals surface area contributed by atoms with Gasteiger partial charge < -0.3 is 10.2 Å². The zero-order valence-electron chi connectivity index (χ0n) is 13.2. The SMILES string of the molecule is CC(O)C1C(=O)N(C(S)CCc2ccccc2)C(=O)N1CC(=O)O. The van der Waals surface area contributed by atoms with Crippen LogP contribution in [0.2, 0.25) is 0 Å². The highest BCUT2D eigenvalue weighted by atomic mass is 32.1. The summed E-state index contributed by atoms with van der Waals surface area (Å²) >= 11 is 4.34. The molecular weight excluding hydrogens is 332 g/mol. The molecule has 1 fully saturated rings. The van der Waals surface area contributed by atoms with Gasteiger partial charge in [0.1, 0.15) is 12.6 Å². The zero-order chi connectivity index (χ0) is 17.9. The van der Waals surface area contributed by atoms with E-state index >= 15 is 0 Å². The Morgan fingerprint density at radius 3 is 2.46 bits per heavy atom. The lowest BCUT2D eigenvalue weighted by Gasteiger charge is -2.22. The van der Waals surface area contributed by atoms with Crippen LogP contribution in [0.5, 0.6) is 0 Å². The van der Waals surface area contributed by atoms with E-state index in [1.807, 2.05) is 30.3 Å². The van der Waals surface area contributed by atoms with Crippen LogP contribution < -0.4 is 0 Å². The van der Waals surface area contributed by atoms with Crippen molar-refractivity contribution in [2.24, 2.45) is 0 Å². The summed E-state index contributed by atoms with van der Waals surface area (Å²) in [5, 5.41) is 18.0. The van der Waals surface area contributed by atoms with Crippen LogP contribution in [0.15, 0.2) is 30.3 Å². The second-order valence-electron chi connectivity index (χ2n) is 5.70. The molecule has 0 bridgehead atoms. The quantitative estimate of drug-likeness (QED) is 0.502. The van der Waals surface area contributed by atoms with E-state index in [0.717, 1.165) is 15.4 Å². The minimum absolute atomic E-state index is 0.429. The number of carboxylic acids is 1. The van der Waals surface area contributed by atoms with Crippen molar-refractivity contribution in [2.75, 3.05) is 6.54 Å². The van der Waals surface area contributed by atoms with Gasteiger partial charge in [0.15, 0.2) is 0 Å². The summed E-state index contributed by atoms with van der Waals surface area (Å²) in [6, 6.07) is 7.63. The van der Waals surface area contributed by atoms with Gasteiger partial charge in [0, 0.05) is 0 Å². The first kappa shape index (κ1) is 18.3. The maximum absolute atomic E-state index is 12.5. The van der Waals surface area contributed by atoms with Crippen LogP contribution in [0, 0.1) is 0 Å². The van der Waals surface area contributed by atoms with E-state index in [4.69, 9.17) is 5.11 Å². The van der Waals surface area contributed by atoms with Crippen molar-refractivity contribution in [1.82, 2.24) is 9.80 Å². The molecule has 1 heterocycles. The zero-order valence-corrected chi connectivity index (χ0v) is 14.1. The molecule has 0 aromatic heterocycles. The van der Waals surface area contributed by atoms with Crippen molar-refractivity contribution >= 4 is 30.5 Å². The average Bonchev–Trinajstić information content (AvgIpc) is 2.76. The number of carbonyl (C=O) groups is 3. The lowest BCUT2D eigenvalue weighted by Crippen LogP contribution is -2.45. The van der Waals surface area contributed by atoms with Gasteiger partial charge in [0.05, 0.1) is 11.5 Å². The van der Waals surface area contributed by atoms with Crippen LogP contribution in [-0.2, 0) is 16.0 Å². The van der Waals surface area contributed by atoms with Gasteiger partial charge in [-0.05, 0) is 25.3 Å². The number of aliphatic hydroxyl groups is 1. The van der Waals surface area contributed by atoms with Gasteiger partial charge in [-0.3, -0.25) is 14.5 Å². The van der Waals surface area contributed by atoms with E-state index in [1.165, 1.54) is 6.92 Å². The molecule has 0 saturated carbocycles. The lowest BCUT2D eigenvalue weighted by molar-refractivity contribution is -0.138. The highest BCUT2D eigenvalue weighted by Crippen LogP contribution is 2.26. The molecule has 1 aromatic carbocycles. The van der Waals surface area contributed by atoms with Crippen molar-refractivity contribution < 1.29 is 24.6 Å². The van der Waals surface area contributed by atoms with Crippen LogP contribution in [-0.4, -0.2) is 62.0 Å². The Bertz CT molecular complexity index is 622. The number of hydrogen-bond acceptors (Lipinski definition) is 5. The van der Waals surface area contributed by atoms with Gasteiger partial charge in [0.2, 0.25) is 0 Å². The molecule has 3 unspecified atom stereocenters. The smallest absolute Gasteiger partial charge is 0.329 e. The van der Waals surface area contributed by atoms with Crippen molar-refractivity contribution in [2.45, 2.75) is 37.3 Å². The summed E-state index contributed by atoms with van der Waals surface area (Å²) in [5.41, 5.74) is 1.05. The second kappa shape index (κ2) is 7.67. The first-order valence-electron chi connectivity index (χ1n) is 7.58. The van der Waals surface area contributed by atoms with Crippen molar-refractivity contribution in [1.29, 1.82) is 0 Å². The first-order valence-corrected chi connectivity index (χ1v) is 8.10. The molecule has 3 amide bonds. The molecule has 0 aliphatic carbocycles. The fourth-order valence-corrected chi connectivity index (χ4v) is 3.09. The number of urea groups is 1. The van der Waals surface area contributed by atoms with Crippen LogP contribution in [0.4, 0.5) is 4.79 Å². The predicted octanol–water partition coefficient (Wildman–Crippen LogP) is 0.973. The minimum Gasteiger partial charge on any atom is -0.480 e. The number of benzene rings is 1. The summed E-state index contributed by atoms with van der Waals surface area (Å²) in [4.78, 5) is 37.6. The standard InChI is InChI=1S/C16H20N2O5S/c1-10(19)14-15(22)18(16(23)17(14)9-13(20)21)12(24)8-7-11-5-3-2-4-6-11/h2-6,10,12,14,19,24H,7-9H2,1H3,(H,20,21). The van der Waals surface area contributed by atoms with Crippen LogP contribution >= 0.6 is 12.6 Å². The molecule has 1 aliphatic heterocycles. The third-order valence-corrected chi connectivity index (χ3v) is 4.36. The van der Waals surface area contributed by atoms with Crippen molar-refractivity contribution in [3.63, 3.8) is 0 Å². The van der Waals surface area contributed by atoms with E-state index in [0.29, 0.717) is 12.8 Å². The third-order valence-electron chi connectivity index (χ3n) is 3.87. The van der Waals surface area contributed by atoms with Crippen LogP contribution in [0.25, 0.3) is 0 Å². The molecular formula is C16H20N2O5S. The van der Waals surface area contributed by atoms with Gasteiger partial charge in [-0.2, -0.15) is 12.6 Å². The van der Waals surface area contributed by atoms with E-state index in [2.05, 4.69) is 12.6 Å². The fraction of sp³-hybridized carbons (Fsp3) is 0.438. The van der Waals surface area contributed by atoms with Gasteiger partial charge in [-0.1, -0.05) is 30.3 Å². The van der Waals surface area contributed by atoms with Crippen molar-refractivity contribution in [3.8, 4) is 0 Å². The molecule has 3 atom stereocenters. The Hall–Kier alpha value is -2.06. The number of aryl methyl sites for hydroxylation is 1. The minimum atomic E-state index is -1.25. The number of amides is 3.